The maximum atomic E-state index is 13.5. The average Bonchev–Trinajstić information content (AvgIpc) is 3.06. The van der Waals surface area contributed by atoms with Crippen molar-refractivity contribution in [1.29, 1.82) is 5.26 Å². The Morgan fingerprint density at radius 1 is 1.23 bits per heavy atom. The summed E-state index contributed by atoms with van der Waals surface area (Å²) in [6.45, 7) is 2.93. The zero-order chi connectivity index (χ0) is 18.8. The Balaban J connectivity index is 1.53. The van der Waals surface area contributed by atoms with Gasteiger partial charge in [-0.1, -0.05) is 6.92 Å². The van der Waals surface area contributed by atoms with Crippen LogP contribution >= 0.6 is 0 Å². The molecule has 4 rings (SSSR count). The van der Waals surface area contributed by atoms with Crippen molar-refractivity contribution in [1.82, 2.24) is 15.5 Å². The van der Waals surface area contributed by atoms with Crippen molar-refractivity contribution in [2.45, 2.75) is 76.0 Å². The molecule has 2 amide bonds. The van der Waals surface area contributed by atoms with E-state index in [1.165, 1.54) is 4.90 Å². The number of rotatable bonds is 6. The molecule has 7 heteroatoms. The van der Waals surface area contributed by atoms with Gasteiger partial charge in [-0.05, 0) is 44.9 Å². The van der Waals surface area contributed by atoms with Gasteiger partial charge in [0.05, 0.1) is 19.2 Å². The third-order valence-electron chi connectivity index (χ3n) is 6.60. The lowest BCUT2D eigenvalue weighted by Gasteiger charge is -2.53. The summed E-state index contributed by atoms with van der Waals surface area (Å²) in [5, 5.41) is 15.5. The number of carbonyl (C=O) groups excluding carboxylic acids is 2. The second-order valence-electron chi connectivity index (χ2n) is 8.19. The first-order valence-electron chi connectivity index (χ1n) is 9.80. The van der Waals surface area contributed by atoms with Crippen molar-refractivity contribution in [2.75, 3.05) is 19.6 Å². The zero-order valence-electron chi connectivity index (χ0n) is 15.5. The first-order valence-corrected chi connectivity index (χ1v) is 9.80. The summed E-state index contributed by atoms with van der Waals surface area (Å²) >= 11 is 0. The lowest BCUT2D eigenvalue weighted by atomic mass is 9.57. The Morgan fingerprint density at radius 3 is 2.46 bits per heavy atom. The van der Waals surface area contributed by atoms with Crippen LogP contribution in [0.5, 0.6) is 0 Å². The number of hydrogen-bond acceptors (Lipinski definition) is 4. The summed E-state index contributed by atoms with van der Waals surface area (Å²) in [5.41, 5.74) is -0.329. The van der Waals surface area contributed by atoms with Gasteiger partial charge in [-0.25, -0.2) is 4.39 Å². The van der Waals surface area contributed by atoms with Crippen molar-refractivity contribution < 1.29 is 14.0 Å². The fourth-order valence-electron chi connectivity index (χ4n) is 4.76. The molecule has 0 aromatic carbocycles. The van der Waals surface area contributed by atoms with Crippen LogP contribution in [-0.2, 0) is 9.59 Å². The van der Waals surface area contributed by atoms with Crippen LogP contribution in [0.25, 0.3) is 0 Å². The van der Waals surface area contributed by atoms with E-state index in [1.54, 1.807) is 0 Å². The smallest absolute Gasteiger partial charge is 0.237 e. The number of nitrogens with one attached hydrogen (secondary N) is 2. The van der Waals surface area contributed by atoms with Gasteiger partial charge in [-0.3, -0.25) is 9.59 Å². The Labute approximate surface area is 154 Å². The molecule has 2 N–H and O–H groups in total. The normalized spacial score (nSPS) is 36.0. The molecule has 26 heavy (non-hydrogen) atoms. The maximum Gasteiger partial charge on any atom is 0.237 e. The molecule has 2 atom stereocenters. The number of carbonyl (C=O) groups is 2. The number of fused-ring (bicyclic) bond motifs is 3. The van der Waals surface area contributed by atoms with E-state index < -0.39 is 12.2 Å². The van der Waals surface area contributed by atoms with Crippen LogP contribution in [0.3, 0.4) is 0 Å². The molecule has 144 valence electrons. The predicted octanol–water partition coefficient (Wildman–Crippen LogP) is 1.66. The third-order valence-corrected chi connectivity index (χ3v) is 6.60. The van der Waals surface area contributed by atoms with Gasteiger partial charge in [-0.2, -0.15) is 5.26 Å². The van der Waals surface area contributed by atoms with Crippen molar-refractivity contribution in [3.63, 3.8) is 0 Å². The Bertz CT molecular complexity index is 578. The Kier molecular flexibility index (Phi) is 5.52. The Hall–Kier alpha value is -1.68. The molecule has 1 saturated heterocycles. The monoisotopic (exact) mass is 364 g/mol. The van der Waals surface area contributed by atoms with Crippen molar-refractivity contribution in [3.05, 3.63) is 0 Å². The van der Waals surface area contributed by atoms with E-state index in [0.717, 1.165) is 51.5 Å². The SMILES string of the molecule is CCCNC(=O)C12CCC(NCC(=O)N3C[C@@H](F)C[C@H]3C#N)(CC1)CC2. The van der Waals surface area contributed by atoms with E-state index in [1.807, 2.05) is 13.0 Å². The van der Waals surface area contributed by atoms with Crippen LogP contribution in [0, 0.1) is 16.7 Å². The van der Waals surface area contributed by atoms with Gasteiger partial charge in [0.15, 0.2) is 0 Å². The number of nitrogens with zero attached hydrogens (tertiary/aromatic N) is 2. The van der Waals surface area contributed by atoms with Gasteiger partial charge in [0.2, 0.25) is 11.8 Å². The molecule has 3 saturated carbocycles. The fraction of sp³-hybridized carbons (Fsp3) is 0.842. The van der Waals surface area contributed by atoms with E-state index in [-0.39, 0.29) is 42.3 Å². The molecule has 2 bridgehead atoms. The molecular weight excluding hydrogens is 335 g/mol. The summed E-state index contributed by atoms with van der Waals surface area (Å²) < 4.78 is 13.5. The first kappa shape index (κ1) is 19.1. The second kappa shape index (κ2) is 7.51. The number of halogens is 1. The highest BCUT2D eigenvalue weighted by molar-refractivity contribution is 5.83. The molecule has 4 fully saturated rings. The molecule has 0 aromatic rings. The summed E-state index contributed by atoms with van der Waals surface area (Å²) in [6, 6.07) is 1.37. The summed E-state index contributed by atoms with van der Waals surface area (Å²) in [7, 11) is 0. The summed E-state index contributed by atoms with van der Waals surface area (Å²) in [6.07, 6.45) is 5.14. The van der Waals surface area contributed by atoms with E-state index in [4.69, 9.17) is 5.26 Å². The molecule has 0 aromatic heterocycles. The summed E-state index contributed by atoms with van der Waals surface area (Å²) in [5.74, 6) is -0.0131. The van der Waals surface area contributed by atoms with Crippen molar-refractivity contribution in [3.8, 4) is 6.07 Å². The molecule has 6 nitrogen and oxygen atoms in total. The first-order chi connectivity index (χ1) is 12.4. The standard InChI is InChI=1S/C19H29FN4O2/c1-2-9-22-17(26)18-3-6-19(7-4-18,8-5-18)23-12-16(25)24-13-14(20)10-15(24)11-21/h14-15,23H,2-10,12-13H2,1H3,(H,22,26)/t14-,15-,18?,19?/m0/s1. The molecule has 1 aliphatic heterocycles. The van der Waals surface area contributed by atoms with Crippen LogP contribution in [0.15, 0.2) is 0 Å². The van der Waals surface area contributed by atoms with Crippen LogP contribution in [0.4, 0.5) is 4.39 Å². The largest absolute Gasteiger partial charge is 0.356 e. The lowest BCUT2D eigenvalue weighted by molar-refractivity contribution is -0.139. The zero-order valence-corrected chi connectivity index (χ0v) is 15.5. The fourth-order valence-corrected chi connectivity index (χ4v) is 4.76. The van der Waals surface area contributed by atoms with Crippen LogP contribution in [0.1, 0.15) is 58.3 Å². The van der Waals surface area contributed by atoms with E-state index in [9.17, 15) is 14.0 Å². The van der Waals surface area contributed by atoms with Gasteiger partial charge < -0.3 is 15.5 Å². The van der Waals surface area contributed by atoms with Gasteiger partial charge >= 0.3 is 0 Å². The molecular formula is C19H29FN4O2. The third kappa shape index (κ3) is 3.57. The Morgan fingerprint density at radius 2 is 1.88 bits per heavy atom. The summed E-state index contributed by atoms with van der Waals surface area (Å²) in [4.78, 5) is 26.3. The minimum Gasteiger partial charge on any atom is -0.356 e. The van der Waals surface area contributed by atoms with E-state index in [0.29, 0.717) is 0 Å². The van der Waals surface area contributed by atoms with Crippen molar-refractivity contribution >= 4 is 11.8 Å². The van der Waals surface area contributed by atoms with Gasteiger partial charge in [-0.15, -0.1) is 0 Å². The minimum atomic E-state index is -1.10. The number of amides is 2. The minimum absolute atomic E-state index is 0.0203. The lowest BCUT2D eigenvalue weighted by Crippen LogP contribution is -2.60. The average molecular weight is 364 g/mol. The number of hydrogen-bond donors (Lipinski definition) is 2. The number of likely N-dealkylation sites (tertiary alicyclic amines) is 1. The van der Waals surface area contributed by atoms with Gasteiger partial charge in [0.1, 0.15) is 12.2 Å². The maximum absolute atomic E-state index is 13.5. The quantitative estimate of drug-likeness (QED) is 0.751. The van der Waals surface area contributed by atoms with E-state index >= 15 is 0 Å². The van der Waals surface area contributed by atoms with Crippen LogP contribution < -0.4 is 10.6 Å². The van der Waals surface area contributed by atoms with Crippen LogP contribution in [0.2, 0.25) is 0 Å². The highest BCUT2D eigenvalue weighted by atomic mass is 19.1. The van der Waals surface area contributed by atoms with Gasteiger partial charge in [0.25, 0.3) is 0 Å². The topological polar surface area (TPSA) is 85.2 Å². The molecule has 4 aliphatic rings. The number of alkyl halides is 1. The molecule has 1 heterocycles. The molecule has 3 aliphatic carbocycles. The highest BCUT2D eigenvalue weighted by Crippen LogP contribution is 2.52. The molecule has 0 spiro atoms. The van der Waals surface area contributed by atoms with Crippen molar-refractivity contribution in [2.24, 2.45) is 5.41 Å². The second-order valence-corrected chi connectivity index (χ2v) is 8.19. The highest BCUT2D eigenvalue weighted by Gasteiger charge is 2.52. The molecule has 0 radical (unpaired) electrons. The molecule has 0 unspecified atom stereocenters. The van der Waals surface area contributed by atoms with E-state index in [2.05, 4.69) is 10.6 Å². The number of nitriles is 1. The van der Waals surface area contributed by atoms with Gasteiger partial charge in [0, 0.05) is 23.9 Å². The van der Waals surface area contributed by atoms with Crippen LogP contribution in [-0.4, -0.2) is 54.1 Å². The predicted molar refractivity (Wildman–Crippen MR) is 94.8 cm³/mol.